The third kappa shape index (κ3) is 3.78. The molecule has 1 aromatic heterocycles. The van der Waals surface area contributed by atoms with Gasteiger partial charge in [-0.1, -0.05) is 12.8 Å². The zero-order valence-electron chi connectivity index (χ0n) is 11.8. The highest BCUT2D eigenvalue weighted by Gasteiger charge is 2.27. The van der Waals surface area contributed by atoms with E-state index >= 15 is 0 Å². The van der Waals surface area contributed by atoms with Crippen molar-refractivity contribution in [2.24, 2.45) is 11.7 Å². The molecular formula is C14H26N4O. The van der Waals surface area contributed by atoms with Crippen LogP contribution >= 0.6 is 0 Å². The number of aliphatic hydroxyl groups excluding tert-OH is 1. The van der Waals surface area contributed by atoms with Gasteiger partial charge in [-0.25, -0.2) is 0 Å². The molecule has 0 radical (unpaired) electrons. The van der Waals surface area contributed by atoms with Crippen LogP contribution in [0.2, 0.25) is 0 Å². The molecule has 3 N–H and O–H groups in total. The number of rotatable bonds is 6. The second kappa shape index (κ2) is 7.03. The van der Waals surface area contributed by atoms with Crippen LogP contribution in [0.15, 0.2) is 12.4 Å². The Kier molecular flexibility index (Phi) is 5.36. The molecule has 0 aromatic carbocycles. The number of aliphatic hydroxyl groups is 1. The topological polar surface area (TPSA) is 67.3 Å². The molecule has 0 amide bonds. The first kappa shape index (κ1) is 14.5. The summed E-state index contributed by atoms with van der Waals surface area (Å²) in [5.41, 5.74) is 7.10. The summed E-state index contributed by atoms with van der Waals surface area (Å²) in [4.78, 5) is 2.41. The van der Waals surface area contributed by atoms with E-state index in [4.69, 9.17) is 10.8 Å². The molecule has 19 heavy (non-hydrogen) atoms. The van der Waals surface area contributed by atoms with Gasteiger partial charge in [0.25, 0.3) is 0 Å². The Morgan fingerprint density at radius 3 is 3.00 bits per heavy atom. The van der Waals surface area contributed by atoms with Gasteiger partial charge in [0.1, 0.15) is 0 Å². The highest BCUT2D eigenvalue weighted by atomic mass is 16.3. The number of nitrogens with two attached hydrogens (primary N) is 1. The average Bonchev–Trinajstić information content (AvgIpc) is 2.86. The van der Waals surface area contributed by atoms with E-state index in [2.05, 4.69) is 17.0 Å². The Morgan fingerprint density at radius 1 is 1.47 bits per heavy atom. The van der Waals surface area contributed by atoms with Gasteiger partial charge in [0, 0.05) is 24.3 Å². The largest absolute Gasteiger partial charge is 0.394 e. The molecule has 0 aliphatic heterocycles. The van der Waals surface area contributed by atoms with E-state index in [1.165, 1.54) is 31.2 Å². The van der Waals surface area contributed by atoms with Crippen LogP contribution in [0, 0.1) is 5.92 Å². The fraction of sp³-hybridized carbons (Fsp3) is 0.786. The van der Waals surface area contributed by atoms with Gasteiger partial charge in [-0.05, 0) is 32.4 Å². The molecule has 1 fully saturated rings. The molecule has 1 aromatic rings. The summed E-state index contributed by atoms with van der Waals surface area (Å²) in [7, 11) is 2.18. The SMILES string of the molecule is CN(Cc1cnn(CCO)c1)C1CCCCC1CN. The van der Waals surface area contributed by atoms with E-state index < -0.39 is 0 Å². The predicted octanol–water partition coefficient (Wildman–Crippen LogP) is 0.825. The van der Waals surface area contributed by atoms with Crippen LogP contribution in [-0.4, -0.2) is 46.0 Å². The maximum atomic E-state index is 8.90. The highest BCUT2D eigenvalue weighted by molar-refractivity contribution is 5.04. The smallest absolute Gasteiger partial charge is 0.0640 e. The van der Waals surface area contributed by atoms with Gasteiger partial charge in [-0.2, -0.15) is 5.10 Å². The Balaban J connectivity index is 1.92. The van der Waals surface area contributed by atoms with Crippen LogP contribution < -0.4 is 5.73 Å². The van der Waals surface area contributed by atoms with Crippen LogP contribution in [0.4, 0.5) is 0 Å². The first-order valence-corrected chi connectivity index (χ1v) is 7.27. The fourth-order valence-corrected chi connectivity index (χ4v) is 3.16. The Labute approximate surface area is 115 Å². The lowest BCUT2D eigenvalue weighted by molar-refractivity contribution is 0.127. The standard InChI is InChI=1S/C14H26N4O/c1-17(14-5-3-2-4-13(14)8-15)10-12-9-16-18(11-12)6-7-19/h9,11,13-14,19H,2-8,10,15H2,1H3. The van der Waals surface area contributed by atoms with E-state index in [1.54, 1.807) is 4.68 Å². The second-order valence-electron chi connectivity index (χ2n) is 5.60. The lowest BCUT2D eigenvalue weighted by atomic mass is 9.83. The molecule has 1 aliphatic carbocycles. The van der Waals surface area contributed by atoms with Crippen molar-refractivity contribution in [3.63, 3.8) is 0 Å². The maximum Gasteiger partial charge on any atom is 0.0640 e. The summed E-state index contributed by atoms with van der Waals surface area (Å²) in [5.74, 6) is 0.631. The summed E-state index contributed by atoms with van der Waals surface area (Å²) in [6, 6.07) is 0.597. The van der Waals surface area contributed by atoms with Crippen molar-refractivity contribution in [2.45, 2.75) is 44.8 Å². The third-order valence-electron chi connectivity index (χ3n) is 4.19. The van der Waals surface area contributed by atoms with E-state index in [-0.39, 0.29) is 6.61 Å². The molecule has 0 saturated heterocycles. The molecule has 5 heteroatoms. The van der Waals surface area contributed by atoms with Crippen molar-refractivity contribution >= 4 is 0 Å². The van der Waals surface area contributed by atoms with Gasteiger partial charge < -0.3 is 10.8 Å². The lowest BCUT2D eigenvalue weighted by Gasteiger charge is -2.37. The lowest BCUT2D eigenvalue weighted by Crippen LogP contribution is -2.42. The first-order chi connectivity index (χ1) is 9.24. The minimum absolute atomic E-state index is 0.134. The van der Waals surface area contributed by atoms with Crippen molar-refractivity contribution in [1.29, 1.82) is 0 Å². The van der Waals surface area contributed by atoms with Crippen molar-refractivity contribution in [2.75, 3.05) is 20.2 Å². The van der Waals surface area contributed by atoms with Crippen molar-refractivity contribution in [3.8, 4) is 0 Å². The normalized spacial score (nSPS) is 24.0. The van der Waals surface area contributed by atoms with Crippen molar-refractivity contribution in [1.82, 2.24) is 14.7 Å². The van der Waals surface area contributed by atoms with Crippen LogP contribution in [0.5, 0.6) is 0 Å². The highest BCUT2D eigenvalue weighted by Crippen LogP contribution is 2.27. The van der Waals surface area contributed by atoms with E-state index in [9.17, 15) is 0 Å². The Bertz CT molecular complexity index is 379. The first-order valence-electron chi connectivity index (χ1n) is 7.27. The molecular weight excluding hydrogens is 240 g/mol. The van der Waals surface area contributed by atoms with Gasteiger partial charge in [0.15, 0.2) is 0 Å². The molecule has 1 aliphatic rings. The summed E-state index contributed by atoms with van der Waals surface area (Å²) < 4.78 is 1.80. The van der Waals surface area contributed by atoms with Gasteiger partial charge >= 0.3 is 0 Å². The van der Waals surface area contributed by atoms with E-state index in [0.717, 1.165) is 13.1 Å². The maximum absolute atomic E-state index is 8.90. The molecule has 0 bridgehead atoms. The van der Waals surface area contributed by atoms with Crippen LogP contribution in [0.1, 0.15) is 31.2 Å². The Hall–Kier alpha value is -0.910. The molecule has 1 saturated carbocycles. The molecule has 0 spiro atoms. The zero-order chi connectivity index (χ0) is 13.7. The minimum atomic E-state index is 0.134. The second-order valence-corrected chi connectivity index (χ2v) is 5.60. The van der Waals surface area contributed by atoms with Crippen molar-refractivity contribution in [3.05, 3.63) is 18.0 Å². The molecule has 2 rings (SSSR count). The number of hydrogen-bond donors (Lipinski definition) is 2. The van der Waals surface area contributed by atoms with Crippen LogP contribution in [-0.2, 0) is 13.1 Å². The molecule has 2 atom stereocenters. The van der Waals surface area contributed by atoms with Crippen molar-refractivity contribution < 1.29 is 5.11 Å². The third-order valence-corrected chi connectivity index (χ3v) is 4.19. The molecule has 5 nitrogen and oxygen atoms in total. The summed E-state index contributed by atoms with van der Waals surface area (Å²) in [5, 5.41) is 13.1. The van der Waals surface area contributed by atoms with Gasteiger partial charge in [0.2, 0.25) is 0 Å². The monoisotopic (exact) mass is 266 g/mol. The zero-order valence-corrected chi connectivity index (χ0v) is 11.8. The summed E-state index contributed by atoms with van der Waals surface area (Å²) in [6.45, 7) is 2.40. The van der Waals surface area contributed by atoms with Gasteiger partial charge in [-0.3, -0.25) is 9.58 Å². The average molecular weight is 266 g/mol. The number of hydrogen-bond acceptors (Lipinski definition) is 4. The Morgan fingerprint density at radius 2 is 2.26 bits per heavy atom. The molecule has 2 unspecified atom stereocenters. The fourth-order valence-electron chi connectivity index (χ4n) is 3.16. The predicted molar refractivity (Wildman–Crippen MR) is 75.6 cm³/mol. The minimum Gasteiger partial charge on any atom is -0.394 e. The summed E-state index contributed by atoms with van der Waals surface area (Å²) >= 11 is 0. The van der Waals surface area contributed by atoms with Crippen LogP contribution in [0.25, 0.3) is 0 Å². The van der Waals surface area contributed by atoms with Crippen LogP contribution in [0.3, 0.4) is 0 Å². The molecule has 108 valence electrons. The number of nitrogens with zero attached hydrogens (tertiary/aromatic N) is 3. The van der Waals surface area contributed by atoms with Gasteiger partial charge in [0.05, 0.1) is 19.3 Å². The quantitative estimate of drug-likeness (QED) is 0.800. The summed E-state index contributed by atoms with van der Waals surface area (Å²) in [6.07, 6.45) is 9.06. The number of aromatic nitrogens is 2. The van der Waals surface area contributed by atoms with E-state index in [1.807, 2.05) is 12.4 Å². The van der Waals surface area contributed by atoms with E-state index in [0.29, 0.717) is 18.5 Å². The van der Waals surface area contributed by atoms with Gasteiger partial charge in [-0.15, -0.1) is 0 Å². The molecule has 1 heterocycles.